The molecular weight excluding hydrogens is 779 g/mol. The fraction of sp³-hybridized carbons (Fsp3) is 0.300. The molecule has 0 radical (unpaired) electrons. The summed E-state index contributed by atoms with van der Waals surface area (Å²) in [5, 5.41) is 12.3. The smallest absolute Gasteiger partial charge is 0.149 e. The van der Waals surface area contributed by atoms with Crippen molar-refractivity contribution in [1.82, 2.24) is 14.5 Å². The van der Waals surface area contributed by atoms with Crippen LogP contribution in [0.5, 0.6) is 5.75 Å². The van der Waals surface area contributed by atoms with E-state index in [4.69, 9.17) is 27.8 Å². The van der Waals surface area contributed by atoms with Gasteiger partial charge in [-0.05, 0) is 132 Å². The van der Waals surface area contributed by atoms with Gasteiger partial charge in [0.15, 0.2) is 0 Å². The van der Waals surface area contributed by atoms with Gasteiger partial charge >= 0.3 is 0 Å². The van der Waals surface area contributed by atoms with Crippen LogP contribution in [0.1, 0.15) is 147 Å². The highest BCUT2D eigenvalue weighted by Crippen LogP contribution is 2.44. The Hall–Kier alpha value is -6.26. The molecule has 4 heteroatoms. The Morgan fingerprint density at radius 2 is 1.30 bits per heavy atom. The maximum absolute atomic E-state index is 12.3. The predicted octanol–water partition coefficient (Wildman–Crippen LogP) is 16.6. The molecule has 0 spiro atoms. The van der Waals surface area contributed by atoms with Crippen molar-refractivity contribution >= 4 is 11.0 Å². The normalized spacial score (nSPS) is 16.0. The summed E-state index contributed by atoms with van der Waals surface area (Å²) in [6, 6.07) is 32.3. The molecule has 2 heterocycles. The molecule has 0 saturated carbocycles. The Labute approximate surface area is 400 Å². The summed E-state index contributed by atoms with van der Waals surface area (Å²) in [6.07, 6.45) is 1.44. The molecule has 0 unspecified atom stereocenters. The molecule has 4 nitrogen and oxygen atoms in total. The highest BCUT2D eigenvalue weighted by atomic mass is 16.3. The summed E-state index contributed by atoms with van der Waals surface area (Å²) < 4.78 is 113. The molecule has 8 rings (SSSR count). The molecular formula is C60H65N3O. The van der Waals surface area contributed by atoms with Crippen molar-refractivity contribution < 1.29 is 22.9 Å². The van der Waals surface area contributed by atoms with Crippen molar-refractivity contribution in [2.45, 2.75) is 118 Å². The first-order valence-corrected chi connectivity index (χ1v) is 21.9. The van der Waals surface area contributed by atoms with Crippen LogP contribution in [-0.4, -0.2) is 19.6 Å². The Morgan fingerprint density at radius 3 is 1.95 bits per heavy atom. The molecule has 0 fully saturated rings. The number of phenolic OH excluding ortho intramolecular Hbond substituents is 1. The number of hydrogen-bond donors (Lipinski definition) is 1. The van der Waals surface area contributed by atoms with E-state index in [0.29, 0.717) is 28.2 Å². The number of aromatic nitrogens is 3. The summed E-state index contributed by atoms with van der Waals surface area (Å²) in [4.78, 5) is 10.3. The largest absolute Gasteiger partial charge is 0.507 e. The highest BCUT2D eigenvalue weighted by Gasteiger charge is 2.27. The fourth-order valence-electron chi connectivity index (χ4n) is 8.31. The minimum Gasteiger partial charge on any atom is -0.507 e. The van der Waals surface area contributed by atoms with E-state index in [1.807, 2.05) is 54.6 Å². The van der Waals surface area contributed by atoms with Crippen molar-refractivity contribution in [2.75, 3.05) is 0 Å². The van der Waals surface area contributed by atoms with Crippen molar-refractivity contribution in [1.29, 1.82) is 0 Å². The van der Waals surface area contributed by atoms with E-state index < -0.39 is 61.1 Å². The number of benzene rings is 6. The van der Waals surface area contributed by atoms with Crippen molar-refractivity contribution in [3.63, 3.8) is 0 Å². The number of phenols is 1. The average molecular weight is 857 g/mol. The van der Waals surface area contributed by atoms with Gasteiger partial charge in [0.2, 0.25) is 0 Å². The third-order valence-corrected chi connectivity index (χ3v) is 12.0. The average Bonchev–Trinajstić information content (AvgIpc) is 3.85. The third-order valence-electron chi connectivity index (χ3n) is 12.0. The van der Waals surface area contributed by atoms with Gasteiger partial charge in [0, 0.05) is 35.3 Å². The molecule has 0 aliphatic rings. The van der Waals surface area contributed by atoms with Crippen LogP contribution in [0.15, 0.2) is 140 Å². The van der Waals surface area contributed by atoms with E-state index in [-0.39, 0.29) is 34.1 Å². The summed E-state index contributed by atoms with van der Waals surface area (Å²) in [6.45, 7) is 9.83. The number of hydrogen-bond acceptors (Lipinski definition) is 3. The first kappa shape index (κ1) is 30.8. The van der Waals surface area contributed by atoms with Crippen molar-refractivity contribution in [3.05, 3.63) is 167 Å². The first-order valence-electron chi connectivity index (χ1n) is 28.4. The van der Waals surface area contributed by atoms with Crippen molar-refractivity contribution in [3.8, 4) is 67.5 Å². The number of nitrogens with zero attached hydrogens (tertiary/aromatic N) is 3. The van der Waals surface area contributed by atoms with Crippen LogP contribution in [0.3, 0.4) is 0 Å². The Bertz CT molecular complexity index is 3510. The van der Waals surface area contributed by atoms with Gasteiger partial charge in [-0.3, -0.25) is 9.55 Å². The molecule has 0 atom stereocenters. The molecule has 0 aliphatic carbocycles. The minimum absolute atomic E-state index is 0.00993. The van der Waals surface area contributed by atoms with Gasteiger partial charge in [0.05, 0.1) is 27.8 Å². The standard InChI is InChI=1S/C60H65N3O/c1-37(2)42-33-50(38(3)4)56(64)51(34-42)57-62-55-49(20-17-21-54(55)63(57)47-26-27-48(40-18-15-14-16-19-40)52(36-47)60(11,12)13)43-30-44(32-46(31-43)59(8,9)10)53-35-41(28-29-61-53)39-22-24-45(25-23-39)58(5,6)7/h14-38,64H,1-13H3/i5D3,6D3,7D3,22D,23D,24D,25D. The number of aromatic hydroxyl groups is 1. The lowest BCUT2D eigenvalue weighted by atomic mass is 9.81. The molecule has 64 heavy (non-hydrogen) atoms. The lowest BCUT2D eigenvalue weighted by Crippen LogP contribution is -2.14. The van der Waals surface area contributed by atoms with Crippen LogP contribution < -0.4 is 0 Å². The van der Waals surface area contributed by atoms with Gasteiger partial charge in [-0.15, -0.1) is 0 Å². The zero-order valence-electron chi connectivity index (χ0n) is 51.4. The molecule has 2 aromatic heterocycles. The maximum Gasteiger partial charge on any atom is 0.149 e. The first-order chi connectivity index (χ1) is 35.6. The van der Waals surface area contributed by atoms with Crippen LogP contribution in [0.2, 0.25) is 0 Å². The van der Waals surface area contributed by atoms with Gasteiger partial charge in [0.1, 0.15) is 11.6 Å². The van der Waals surface area contributed by atoms with Gasteiger partial charge in [0.25, 0.3) is 0 Å². The second kappa shape index (κ2) is 16.7. The Balaban J connectivity index is 1.39. The second-order valence-electron chi connectivity index (χ2n) is 19.6. The third kappa shape index (κ3) is 8.68. The Kier molecular flexibility index (Phi) is 8.03. The van der Waals surface area contributed by atoms with E-state index in [1.165, 1.54) is 12.3 Å². The van der Waals surface area contributed by atoms with Gasteiger partial charge < -0.3 is 5.11 Å². The number of fused-ring (bicyclic) bond motifs is 1. The number of rotatable bonds is 8. The summed E-state index contributed by atoms with van der Waals surface area (Å²) in [7, 11) is 0. The van der Waals surface area contributed by atoms with E-state index >= 15 is 0 Å². The van der Waals surface area contributed by atoms with Gasteiger partial charge in [-0.1, -0.05) is 175 Å². The molecule has 6 aromatic carbocycles. The molecule has 8 aromatic rings. The zero-order chi connectivity index (χ0) is 56.9. The highest BCUT2D eigenvalue weighted by molar-refractivity contribution is 5.97. The maximum atomic E-state index is 12.3. The molecule has 0 saturated heterocycles. The zero-order valence-corrected chi connectivity index (χ0v) is 38.4. The van der Waals surface area contributed by atoms with Crippen LogP contribution in [-0.2, 0) is 16.2 Å². The van der Waals surface area contributed by atoms with E-state index in [2.05, 4.69) is 116 Å². The predicted molar refractivity (Wildman–Crippen MR) is 272 cm³/mol. The van der Waals surface area contributed by atoms with Crippen LogP contribution in [0.25, 0.3) is 72.7 Å². The van der Waals surface area contributed by atoms with Crippen LogP contribution in [0, 0.1) is 0 Å². The second-order valence-corrected chi connectivity index (χ2v) is 19.6. The van der Waals surface area contributed by atoms with E-state index in [9.17, 15) is 5.11 Å². The molecule has 0 amide bonds. The lowest BCUT2D eigenvalue weighted by molar-refractivity contribution is 0.466. The monoisotopic (exact) mass is 857 g/mol. The fourth-order valence-corrected chi connectivity index (χ4v) is 8.31. The summed E-state index contributed by atoms with van der Waals surface area (Å²) in [5.41, 5.74) is 5.79. The molecule has 326 valence electrons. The topological polar surface area (TPSA) is 50.9 Å². The quantitative estimate of drug-likeness (QED) is 0.166. The van der Waals surface area contributed by atoms with Crippen LogP contribution in [0.4, 0.5) is 0 Å². The lowest BCUT2D eigenvalue weighted by Gasteiger charge is -2.25. The summed E-state index contributed by atoms with van der Waals surface area (Å²) in [5.74, 6) is 0.874. The van der Waals surface area contributed by atoms with E-state index in [0.717, 1.165) is 55.7 Å². The number of imidazole rings is 1. The number of para-hydroxylation sites is 1. The summed E-state index contributed by atoms with van der Waals surface area (Å²) >= 11 is 0. The van der Waals surface area contributed by atoms with Gasteiger partial charge in [-0.25, -0.2) is 4.98 Å². The minimum atomic E-state index is -3.80. The molecule has 0 bridgehead atoms. The van der Waals surface area contributed by atoms with Gasteiger partial charge in [-0.2, -0.15) is 0 Å². The SMILES string of the molecule is [2H]c1c([2H])c(C(C([2H])([2H])[2H])(C([2H])([2H])[2H])C([2H])([2H])[2H])c([2H])c([2H])c1-c1ccnc(-c2cc(-c3cccc4c3nc(-c3cc(C(C)C)cc(C(C)C)c3O)n4-c3ccc(-c4ccccc4)c(C(C)(C)C)c3)cc(C(C)(C)C)c2)c1. The van der Waals surface area contributed by atoms with Crippen LogP contribution >= 0.6 is 0 Å². The number of pyridine rings is 1. The molecule has 1 N–H and O–H groups in total. The molecule has 0 aliphatic heterocycles. The Morgan fingerprint density at radius 1 is 0.578 bits per heavy atom. The van der Waals surface area contributed by atoms with Crippen molar-refractivity contribution in [2.24, 2.45) is 0 Å². The van der Waals surface area contributed by atoms with E-state index in [1.54, 1.807) is 6.07 Å².